The van der Waals surface area contributed by atoms with E-state index in [2.05, 4.69) is 4.90 Å². The summed E-state index contributed by atoms with van der Waals surface area (Å²) in [5.74, 6) is -2.11. The largest absolute Gasteiger partial charge is 0.477 e. The summed E-state index contributed by atoms with van der Waals surface area (Å²) in [6.45, 7) is 6.42. The Morgan fingerprint density at radius 1 is 1.18 bits per heavy atom. The lowest BCUT2D eigenvalue weighted by molar-refractivity contribution is -0.384. The van der Waals surface area contributed by atoms with Crippen molar-refractivity contribution in [2.24, 2.45) is 11.8 Å². The molecule has 12 nitrogen and oxygen atoms in total. The Morgan fingerprint density at radius 2 is 1.85 bits per heavy atom. The molecule has 4 aliphatic rings. The first-order valence-corrected chi connectivity index (χ1v) is 14.5. The fourth-order valence-corrected chi connectivity index (χ4v) is 7.90. The van der Waals surface area contributed by atoms with E-state index < -0.39 is 29.0 Å². The number of likely N-dealkylation sites (tertiary alicyclic amines) is 2. The number of benzene rings is 1. The van der Waals surface area contributed by atoms with Gasteiger partial charge in [0, 0.05) is 53.9 Å². The van der Waals surface area contributed by atoms with Crippen LogP contribution in [-0.4, -0.2) is 97.4 Å². The molecule has 0 aliphatic carbocycles. The van der Waals surface area contributed by atoms with Crippen molar-refractivity contribution in [3.05, 3.63) is 50.5 Å². The van der Waals surface area contributed by atoms with Crippen molar-refractivity contribution in [3.63, 3.8) is 0 Å². The van der Waals surface area contributed by atoms with E-state index in [0.29, 0.717) is 24.7 Å². The number of nitrogens with zero attached hydrogens (tertiary/aromatic N) is 4. The van der Waals surface area contributed by atoms with E-state index in [0.717, 1.165) is 37.3 Å². The number of aliphatic hydroxyl groups is 1. The Kier molecular flexibility index (Phi) is 8.07. The number of hydrogen-bond acceptors (Lipinski definition) is 9. The molecule has 0 radical (unpaired) electrons. The number of carboxylic acid groups (broad SMARTS) is 1. The highest BCUT2D eigenvalue weighted by Crippen LogP contribution is 2.52. The highest BCUT2D eigenvalue weighted by molar-refractivity contribution is 8.03. The van der Waals surface area contributed by atoms with E-state index in [1.54, 1.807) is 35.7 Å². The van der Waals surface area contributed by atoms with Gasteiger partial charge in [0.25, 0.3) is 5.69 Å². The lowest BCUT2D eigenvalue weighted by Crippen LogP contribution is -2.63. The molecule has 5 rings (SSSR count). The lowest BCUT2D eigenvalue weighted by atomic mass is 9.79. The predicted molar refractivity (Wildman–Crippen MR) is 145 cm³/mol. The number of aliphatic carboxylic acids is 1. The first-order chi connectivity index (χ1) is 19.1. The second kappa shape index (κ2) is 11.4. The van der Waals surface area contributed by atoms with Crippen LogP contribution in [0.2, 0.25) is 0 Å². The molecule has 216 valence electrons. The fraction of sp³-hybridized carbons (Fsp3) is 0.593. The molecule has 0 spiro atoms. The quantitative estimate of drug-likeness (QED) is 0.269. The van der Waals surface area contributed by atoms with Crippen LogP contribution in [0, 0.1) is 22.0 Å². The van der Waals surface area contributed by atoms with Crippen LogP contribution in [0.4, 0.5) is 10.5 Å². The molecule has 1 unspecified atom stereocenters. The maximum absolute atomic E-state index is 12.6. The number of aliphatic hydroxyl groups excluding tert-OH is 1. The predicted octanol–water partition coefficient (Wildman–Crippen LogP) is 2.66. The number of fused-ring (bicyclic) bond motifs is 1. The molecule has 3 fully saturated rings. The van der Waals surface area contributed by atoms with E-state index in [9.17, 15) is 34.7 Å². The van der Waals surface area contributed by atoms with Gasteiger partial charge in [0.15, 0.2) is 0 Å². The number of nitro benzene ring substituents is 1. The molecule has 40 heavy (non-hydrogen) atoms. The van der Waals surface area contributed by atoms with Crippen LogP contribution in [0.15, 0.2) is 34.9 Å². The average molecular weight is 575 g/mol. The van der Waals surface area contributed by atoms with Crippen molar-refractivity contribution < 1.29 is 34.3 Å². The number of thioether (sulfide) groups is 1. The Bertz CT molecular complexity index is 1210. The molecular formula is C27H34N4O8S. The standard InChI is InChI=1S/C27H34N4O8S/c1-15-22-21(16(2)32)25(33)30(22)23(26(34)35)24(15)40-20-9-12-29(13-20)18-7-10-28(11-8-18)27(36)39-14-17-3-5-19(6-4-17)31(37)38/h3-6,15-16,18,20-22,32H,7-14H2,1-2H3,(H,34,35)/t15-,16?,20-,21-,22-/m1/s1. The molecule has 0 bridgehead atoms. The molecule has 4 aliphatic heterocycles. The maximum atomic E-state index is 12.6. The molecule has 1 aromatic carbocycles. The minimum Gasteiger partial charge on any atom is -0.477 e. The van der Waals surface area contributed by atoms with Crippen LogP contribution < -0.4 is 0 Å². The number of nitro groups is 1. The molecule has 1 aromatic rings. The molecule has 0 saturated carbocycles. The highest BCUT2D eigenvalue weighted by atomic mass is 32.2. The van der Waals surface area contributed by atoms with Crippen molar-refractivity contribution in [1.82, 2.24) is 14.7 Å². The zero-order valence-electron chi connectivity index (χ0n) is 22.5. The fourth-order valence-electron chi connectivity index (χ4n) is 6.40. The first kappa shape index (κ1) is 28.4. The summed E-state index contributed by atoms with van der Waals surface area (Å²) < 4.78 is 5.42. The van der Waals surface area contributed by atoms with Gasteiger partial charge in [0.05, 0.1) is 23.0 Å². The summed E-state index contributed by atoms with van der Waals surface area (Å²) in [7, 11) is 0. The van der Waals surface area contributed by atoms with Crippen LogP contribution in [0.5, 0.6) is 0 Å². The van der Waals surface area contributed by atoms with Gasteiger partial charge in [-0.2, -0.15) is 0 Å². The minimum absolute atomic E-state index is 0.0125. The second-order valence-electron chi connectivity index (χ2n) is 11.0. The molecule has 3 saturated heterocycles. The molecular weight excluding hydrogens is 540 g/mol. The zero-order valence-corrected chi connectivity index (χ0v) is 23.3. The van der Waals surface area contributed by atoms with E-state index in [1.807, 2.05) is 6.92 Å². The number of β-lactam (4-membered cyclic amide) rings is 1. The van der Waals surface area contributed by atoms with Crippen molar-refractivity contribution in [2.45, 2.75) is 63.2 Å². The van der Waals surface area contributed by atoms with Crippen molar-refractivity contribution >= 4 is 35.4 Å². The Labute approximate surface area is 236 Å². The molecule has 4 heterocycles. The number of carboxylic acids is 1. The van der Waals surface area contributed by atoms with Gasteiger partial charge in [-0.3, -0.25) is 19.8 Å². The van der Waals surface area contributed by atoms with Crippen molar-refractivity contribution in [2.75, 3.05) is 26.2 Å². The lowest BCUT2D eigenvalue weighted by Gasteiger charge is -2.46. The number of carbonyl (C=O) groups is 3. The summed E-state index contributed by atoms with van der Waals surface area (Å²) in [6, 6.07) is 5.94. The highest BCUT2D eigenvalue weighted by Gasteiger charge is 2.60. The third-order valence-electron chi connectivity index (χ3n) is 8.53. The van der Waals surface area contributed by atoms with Crippen molar-refractivity contribution in [3.8, 4) is 0 Å². The third kappa shape index (κ3) is 5.29. The maximum Gasteiger partial charge on any atom is 0.410 e. The molecule has 2 N–H and O–H groups in total. The van der Waals surface area contributed by atoms with E-state index in [-0.39, 0.29) is 41.1 Å². The summed E-state index contributed by atoms with van der Waals surface area (Å²) in [5.41, 5.74) is 0.743. The molecule has 13 heteroatoms. The van der Waals surface area contributed by atoms with Gasteiger partial charge in [0.1, 0.15) is 12.3 Å². The summed E-state index contributed by atoms with van der Waals surface area (Å²) in [4.78, 5) is 53.8. The topological polar surface area (TPSA) is 154 Å². The van der Waals surface area contributed by atoms with Crippen LogP contribution in [0.3, 0.4) is 0 Å². The first-order valence-electron chi connectivity index (χ1n) is 13.6. The smallest absolute Gasteiger partial charge is 0.410 e. The Hall–Kier alpha value is -3.16. The van der Waals surface area contributed by atoms with Gasteiger partial charge in [-0.05, 0) is 50.4 Å². The van der Waals surface area contributed by atoms with Gasteiger partial charge in [-0.15, -0.1) is 11.8 Å². The SMILES string of the molecule is CC(O)[C@H]1C(=O)N2C(C(=O)O)=C(S[C@@H]3CCN(C4CCN(C(=O)OCc5ccc([N+](=O)[O-])cc5)CC4)C3)[C@H](C)[C@H]12. The minimum atomic E-state index is -1.10. The normalized spacial score (nSPS) is 27.9. The molecule has 5 atom stereocenters. The van der Waals surface area contributed by atoms with Gasteiger partial charge < -0.3 is 24.7 Å². The van der Waals surface area contributed by atoms with Crippen molar-refractivity contribution in [1.29, 1.82) is 0 Å². The second-order valence-corrected chi connectivity index (χ2v) is 12.3. The number of hydrogen-bond donors (Lipinski definition) is 2. The number of non-ortho nitro benzene ring substituents is 1. The van der Waals surface area contributed by atoms with Gasteiger partial charge >= 0.3 is 12.1 Å². The number of ether oxygens (including phenoxy) is 1. The van der Waals surface area contributed by atoms with E-state index in [4.69, 9.17) is 4.74 Å². The molecule has 2 amide bonds. The summed E-state index contributed by atoms with van der Waals surface area (Å²) in [6.07, 6.45) is 1.31. The van der Waals surface area contributed by atoms with Gasteiger partial charge in [-0.1, -0.05) is 6.92 Å². The van der Waals surface area contributed by atoms with E-state index >= 15 is 0 Å². The number of amides is 2. The van der Waals surface area contributed by atoms with Crippen LogP contribution in [0.1, 0.15) is 38.7 Å². The third-order valence-corrected chi connectivity index (χ3v) is 10.1. The zero-order chi connectivity index (χ0) is 28.7. The Balaban J connectivity index is 1.11. The summed E-state index contributed by atoms with van der Waals surface area (Å²) >= 11 is 1.56. The molecule has 0 aromatic heterocycles. The average Bonchev–Trinajstić information content (AvgIpc) is 3.49. The van der Waals surface area contributed by atoms with Crippen LogP contribution >= 0.6 is 11.8 Å². The number of piperidine rings is 1. The van der Waals surface area contributed by atoms with Gasteiger partial charge in [0.2, 0.25) is 5.91 Å². The number of carbonyl (C=O) groups excluding carboxylic acids is 2. The van der Waals surface area contributed by atoms with E-state index in [1.165, 1.54) is 17.0 Å². The monoisotopic (exact) mass is 574 g/mol. The van der Waals surface area contributed by atoms with Crippen LogP contribution in [0.25, 0.3) is 0 Å². The summed E-state index contributed by atoms with van der Waals surface area (Å²) in [5, 5.41) is 30.9. The Morgan fingerprint density at radius 3 is 2.45 bits per heavy atom. The number of rotatable bonds is 8. The van der Waals surface area contributed by atoms with Crippen LogP contribution in [-0.2, 0) is 20.9 Å². The van der Waals surface area contributed by atoms with Gasteiger partial charge in [-0.25, -0.2) is 9.59 Å².